The van der Waals surface area contributed by atoms with Crippen molar-refractivity contribution in [1.82, 2.24) is 30.4 Å². The highest BCUT2D eigenvalue weighted by molar-refractivity contribution is 9.10. The number of benzene rings is 2. The second-order valence-corrected chi connectivity index (χ2v) is 7.36. The van der Waals surface area contributed by atoms with E-state index >= 15 is 0 Å². The summed E-state index contributed by atoms with van der Waals surface area (Å²) in [6.07, 6.45) is 0. The monoisotopic (exact) mass is 451 g/mol. The van der Waals surface area contributed by atoms with E-state index in [0.717, 1.165) is 21.3 Å². The molecule has 4 aromatic rings. The second kappa shape index (κ2) is 6.82. The van der Waals surface area contributed by atoms with Gasteiger partial charge in [0.2, 0.25) is 5.95 Å². The van der Waals surface area contributed by atoms with Gasteiger partial charge >= 0.3 is 0 Å². The molecule has 1 aliphatic heterocycles. The molecule has 3 heterocycles. The standard InChI is InChI=1S/C19H14BrN7O2/c1-29-13-8-4-11(5-9-13)17-14-15(10-2-6-12(20)7-3-10)22-23-18(28)16(14)21-19-24-25-26-27(17)19/h2-9,17H,1H3,(H,23,28)(H,21,24,26)/t17-/m1/s1. The molecule has 0 spiro atoms. The third-order valence-electron chi connectivity index (χ3n) is 4.82. The fourth-order valence-corrected chi connectivity index (χ4v) is 3.72. The number of hydrogen-bond donors (Lipinski definition) is 2. The number of ether oxygens (including phenoxy) is 1. The number of tetrazole rings is 1. The number of nitrogens with zero attached hydrogens (tertiary/aromatic N) is 5. The fraction of sp³-hybridized carbons (Fsp3) is 0.105. The zero-order chi connectivity index (χ0) is 20.0. The van der Waals surface area contributed by atoms with Gasteiger partial charge in [0, 0.05) is 15.6 Å². The Hall–Kier alpha value is -3.53. The van der Waals surface area contributed by atoms with Crippen LogP contribution in [0.25, 0.3) is 11.3 Å². The number of nitrogens with one attached hydrogen (secondary N) is 2. The van der Waals surface area contributed by atoms with E-state index in [0.29, 0.717) is 22.9 Å². The predicted octanol–water partition coefficient (Wildman–Crippen LogP) is 2.89. The molecule has 0 bridgehead atoms. The third kappa shape index (κ3) is 2.88. The number of anilines is 2. The molecule has 0 saturated carbocycles. The first-order valence-corrected chi connectivity index (χ1v) is 9.52. The first-order valence-electron chi connectivity index (χ1n) is 8.73. The third-order valence-corrected chi connectivity index (χ3v) is 5.35. The molecule has 5 rings (SSSR count). The molecular formula is C19H14BrN7O2. The zero-order valence-corrected chi connectivity index (χ0v) is 16.7. The van der Waals surface area contributed by atoms with Crippen LogP contribution >= 0.6 is 15.9 Å². The highest BCUT2D eigenvalue weighted by Gasteiger charge is 2.34. The molecule has 2 aromatic heterocycles. The summed E-state index contributed by atoms with van der Waals surface area (Å²) in [5.74, 6) is 1.12. The van der Waals surface area contributed by atoms with Gasteiger partial charge in [-0.1, -0.05) is 45.3 Å². The molecule has 1 aliphatic rings. The van der Waals surface area contributed by atoms with Gasteiger partial charge in [0.1, 0.15) is 17.5 Å². The number of H-pyrrole nitrogens is 1. The second-order valence-electron chi connectivity index (χ2n) is 6.44. The van der Waals surface area contributed by atoms with Gasteiger partial charge in [-0.2, -0.15) is 9.78 Å². The summed E-state index contributed by atoms with van der Waals surface area (Å²) in [7, 11) is 1.61. The highest BCUT2D eigenvalue weighted by atomic mass is 79.9. The Morgan fingerprint density at radius 2 is 1.86 bits per heavy atom. The molecule has 29 heavy (non-hydrogen) atoms. The van der Waals surface area contributed by atoms with Crippen LogP contribution in [0.5, 0.6) is 5.75 Å². The lowest BCUT2D eigenvalue weighted by molar-refractivity contribution is 0.414. The molecule has 1 atom stereocenters. The lowest BCUT2D eigenvalue weighted by Crippen LogP contribution is -2.29. The Labute approximate surface area is 172 Å². The van der Waals surface area contributed by atoms with Crippen molar-refractivity contribution in [2.24, 2.45) is 0 Å². The summed E-state index contributed by atoms with van der Waals surface area (Å²) in [4.78, 5) is 12.6. The van der Waals surface area contributed by atoms with Crippen molar-refractivity contribution in [2.45, 2.75) is 6.04 Å². The Kier molecular flexibility index (Phi) is 4.13. The number of hydrogen-bond acceptors (Lipinski definition) is 7. The lowest BCUT2D eigenvalue weighted by Gasteiger charge is -2.27. The van der Waals surface area contributed by atoms with E-state index in [1.807, 2.05) is 48.5 Å². The van der Waals surface area contributed by atoms with Crippen LogP contribution in [0.4, 0.5) is 11.6 Å². The van der Waals surface area contributed by atoms with Crippen LogP contribution in [0.3, 0.4) is 0 Å². The molecular weight excluding hydrogens is 438 g/mol. The minimum atomic E-state index is -0.435. The average molecular weight is 452 g/mol. The van der Waals surface area contributed by atoms with Gasteiger partial charge in [-0.15, -0.1) is 0 Å². The van der Waals surface area contributed by atoms with Gasteiger partial charge in [-0.05, 0) is 40.3 Å². The van der Waals surface area contributed by atoms with Crippen molar-refractivity contribution in [1.29, 1.82) is 0 Å². The minimum Gasteiger partial charge on any atom is -0.497 e. The predicted molar refractivity (Wildman–Crippen MR) is 109 cm³/mol. The van der Waals surface area contributed by atoms with Gasteiger partial charge in [-0.3, -0.25) is 4.79 Å². The largest absolute Gasteiger partial charge is 0.497 e. The van der Waals surface area contributed by atoms with Crippen molar-refractivity contribution in [2.75, 3.05) is 12.4 Å². The maximum Gasteiger partial charge on any atom is 0.288 e. The number of halogens is 1. The number of aromatic amines is 1. The number of fused-ring (bicyclic) bond motifs is 2. The van der Waals surface area contributed by atoms with Gasteiger partial charge in [0.05, 0.1) is 12.8 Å². The van der Waals surface area contributed by atoms with E-state index in [9.17, 15) is 4.79 Å². The van der Waals surface area contributed by atoms with Crippen molar-refractivity contribution in [3.8, 4) is 17.0 Å². The zero-order valence-electron chi connectivity index (χ0n) is 15.1. The van der Waals surface area contributed by atoms with E-state index in [1.54, 1.807) is 11.8 Å². The Bertz CT molecular complexity index is 1250. The molecule has 0 saturated heterocycles. The van der Waals surface area contributed by atoms with Gasteiger partial charge in [-0.25, -0.2) is 5.10 Å². The number of rotatable bonds is 3. The molecule has 2 aromatic carbocycles. The highest BCUT2D eigenvalue weighted by Crippen LogP contribution is 2.41. The molecule has 0 fully saturated rings. The Morgan fingerprint density at radius 1 is 1.10 bits per heavy atom. The van der Waals surface area contributed by atoms with Crippen LogP contribution in [-0.4, -0.2) is 37.5 Å². The van der Waals surface area contributed by atoms with Crippen molar-refractivity contribution >= 4 is 27.6 Å². The lowest BCUT2D eigenvalue weighted by atomic mass is 9.92. The summed E-state index contributed by atoms with van der Waals surface area (Å²) in [5, 5.41) is 21.9. The number of methoxy groups -OCH3 is 1. The summed E-state index contributed by atoms with van der Waals surface area (Å²) >= 11 is 3.45. The maximum absolute atomic E-state index is 12.6. The molecule has 2 N–H and O–H groups in total. The van der Waals surface area contributed by atoms with E-state index in [4.69, 9.17) is 4.74 Å². The molecule has 10 heteroatoms. The van der Waals surface area contributed by atoms with Crippen molar-refractivity contribution < 1.29 is 4.74 Å². The van der Waals surface area contributed by atoms with Gasteiger partial charge < -0.3 is 10.1 Å². The van der Waals surface area contributed by atoms with Crippen LogP contribution in [0.2, 0.25) is 0 Å². The molecule has 9 nitrogen and oxygen atoms in total. The van der Waals surface area contributed by atoms with Gasteiger partial charge in [0.25, 0.3) is 5.56 Å². The van der Waals surface area contributed by atoms with E-state index in [1.165, 1.54) is 0 Å². The van der Waals surface area contributed by atoms with Gasteiger partial charge in [0.15, 0.2) is 0 Å². The SMILES string of the molecule is COc1ccc([C@@H]2c3c(-c4ccc(Br)cc4)n[nH]c(=O)c3Nc3nnnn32)cc1. The Balaban J connectivity index is 1.78. The Morgan fingerprint density at radius 3 is 2.59 bits per heavy atom. The van der Waals surface area contributed by atoms with E-state index in [2.05, 4.69) is 47.0 Å². The molecule has 144 valence electrons. The topological polar surface area (TPSA) is 111 Å². The molecule has 0 aliphatic carbocycles. The van der Waals surface area contributed by atoms with Crippen LogP contribution in [-0.2, 0) is 0 Å². The summed E-state index contributed by atoms with van der Waals surface area (Å²) < 4.78 is 7.87. The van der Waals surface area contributed by atoms with E-state index < -0.39 is 6.04 Å². The molecule has 0 unspecified atom stereocenters. The fourth-order valence-electron chi connectivity index (χ4n) is 3.46. The van der Waals surface area contributed by atoms with Crippen LogP contribution in [0.1, 0.15) is 17.2 Å². The smallest absolute Gasteiger partial charge is 0.288 e. The van der Waals surface area contributed by atoms with E-state index in [-0.39, 0.29) is 5.56 Å². The van der Waals surface area contributed by atoms with Crippen LogP contribution in [0.15, 0.2) is 57.8 Å². The summed E-state index contributed by atoms with van der Waals surface area (Å²) in [6, 6.07) is 14.9. The molecule has 0 radical (unpaired) electrons. The number of aromatic nitrogens is 6. The quantitative estimate of drug-likeness (QED) is 0.433. The van der Waals surface area contributed by atoms with Crippen molar-refractivity contribution in [3.05, 3.63) is 74.5 Å². The first kappa shape index (κ1) is 17.6. The molecule has 0 amide bonds. The first-order chi connectivity index (χ1) is 14.2. The van der Waals surface area contributed by atoms with Crippen molar-refractivity contribution in [3.63, 3.8) is 0 Å². The summed E-state index contributed by atoms with van der Waals surface area (Å²) in [6.45, 7) is 0. The average Bonchev–Trinajstić information content (AvgIpc) is 3.22. The normalized spacial score (nSPS) is 14.6. The summed E-state index contributed by atoms with van der Waals surface area (Å²) in [5.41, 5.74) is 3.13. The minimum absolute atomic E-state index is 0.339. The van der Waals surface area contributed by atoms with Crippen LogP contribution < -0.4 is 15.6 Å². The van der Waals surface area contributed by atoms with Crippen LogP contribution in [0, 0.1) is 0 Å². The maximum atomic E-state index is 12.6.